The molecule has 1 aliphatic rings. The summed E-state index contributed by atoms with van der Waals surface area (Å²) in [5.41, 5.74) is 4.58. The van der Waals surface area contributed by atoms with E-state index in [1.807, 2.05) is 36.5 Å². The first kappa shape index (κ1) is 24.9. The van der Waals surface area contributed by atoms with Gasteiger partial charge in [-0.2, -0.15) is 0 Å². The minimum Gasteiger partial charge on any atom is -0.492 e. The zero-order valence-corrected chi connectivity index (χ0v) is 22.4. The number of carbonyl (C=O) groups is 2. The molecule has 2 aromatic carbocycles. The van der Waals surface area contributed by atoms with Gasteiger partial charge in [0.05, 0.1) is 13.7 Å². The van der Waals surface area contributed by atoms with Crippen LogP contribution in [0.4, 0.5) is 0 Å². The molecule has 35 heavy (non-hydrogen) atoms. The molecule has 0 unspecified atom stereocenters. The number of hydrogen-bond donors (Lipinski definition) is 0. The number of amides is 1. The van der Waals surface area contributed by atoms with Crippen molar-refractivity contribution in [2.24, 2.45) is 0 Å². The number of halogens is 1. The number of methoxy groups -OCH3 is 1. The van der Waals surface area contributed by atoms with E-state index in [9.17, 15) is 9.59 Å². The molecule has 0 saturated carbocycles. The Hall–Kier alpha value is -3.17. The largest absolute Gasteiger partial charge is 0.492 e. The zero-order valence-electron chi connectivity index (χ0n) is 20.0. The maximum atomic E-state index is 12.9. The predicted molar refractivity (Wildman–Crippen MR) is 143 cm³/mol. The van der Waals surface area contributed by atoms with Crippen LogP contribution < -0.4 is 4.74 Å². The molecule has 1 amide bonds. The molecule has 1 aromatic heterocycles. The Morgan fingerprint density at radius 3 is 2.63 bits per heavy atom. The molecule has 1 saturated heterocycles. The van der Waals surface area contributed by atoms with E-state index in [0.29, 0.717) is 18.8 Å². The van der Waals surface area contributed by atoms with E-state index in [1.54, 1.807) is 13.1 Å². The first-order valence-corrected chi connectivity index (χ1v) is 12.3. The topological polar surface area (TPSA) is 64.0 Å². The fourth-order valence-electron chi connectivity index (χ4n) is 3.95. The minimum absolute atomic E-state index is 0.136. The van der Waals surface area contributed by atoms with Crippen molar-refractivity contribution < 1.29 is 19.1 Å². The van der Waals surface area contributed by atoms with Gasteiger partial charge in [-0.25, -0.2) is 0 Å². The van der Waals surface area contributed by atoms with Gasteiger partial charge >= 0.3 is 5.97 Å². The predicted octanol–water partition coefficient (Wildman–Crippen LogP) is 4.67. The lowest BCUT2D eigenvalue weighted by atomic mass is 10.1. The van der Waals surface area contributed by atoms with E-state index in [2.05, 4.69) is 40.4 Å². The second-order valence-electron chi connectivity index (χ2n) is 8.37. The molecule has 0 radical (unpaired) electrons. The summed E-state index contributed by atoms with van der Waals surface area (Å²) in [5.74, 6) is 0.0871. The SMILES string of the molecule is COC(=O)CN1C(=S)N(C)C(=O)/C1=C/c1cn(CCOc2ccc(C)c(C)c2)c2ccc(Br)cc12. The van der Waals surface area contributed by atoms with Gasteiger partial charge in [0.1, 0.15) is 24.6 Å². The number of aromatic nitrogens is 1. The van der Waals surface area contributed by atoms with Gasteiger partial charge in [-0.15, -0.1) is 0 Å². The Morgan fingerprint density at radius 1 is 1.14 bits per heavy atom. The third-order valence-electron chi connectivity index (χ3n) is 6.09. The molecule has 2 heterocycles. The highest BCUT2D eigenvalue weighted by Gasteiger charge is 2.37. The summed E-state index contributed by atoms with van der Waals surface area (Å²) in [6, 6.07) is 12.1. The summed E-state index contributed by atoms with van der Waals surface area (Å²) in [4.78, 5) is 27.8. The number of esters is 1. The van der Waals surface area contributed by atoms with Crippen LogP contribution in [0.2, 0.25) is 0 Å². The molecule has 182 valence electrons. The van der Waals surface area contributed by atoms with Gasteiger partial charge in [0, 0.05) is 34.2 Å². The summed E-state index contributed by atoms with van der Waals surface area (Å²) >= 11 is 8.94. The third kappa shape index (κ3) is 5.11. The quantitative estimate of drug-likeness (QED) is 0.240. The first-order chi connectivity index (χ1) is 16.7. The Bertz CT molecular complexity index is 1360. The van der Waals surface area contributed by atoms with Crippen molar-refractivity contribution in [3.63, 3.8) is 0 Å². The number of benzene rings is 2. The molecule has 1 fully saturated rings. The fraction of sp³-hybridized carbons (Fsp3) is 0.269. The van der Waals surface area contributed by atoms with Crippen molar-refractivity contribution in [2.75, 3.05) is 27.3 Å². The summed E-state index contributed by atoms with van der Waals surface area (Å²) in [5, 5.41) is 1.22. The Morgan fingerprint density at radius 2 is 1.91 bits per heavy atom. The van der Waals surface area contributed by atoms with E-state index in [0.717, 1.165) is 26.7 Å². The van der Waals surface area contributed by atoms with Crippen molar-refractivity contribution in [3.8, 4) is 5.75 Å². The molecule has 0 aliphatic carbocycles. The molecule has 1 aliphatic heterocycles. The average molecular weight is 556 g/mol. The van der Waals surface area contributed by atoms with Gasteiger partial charge in [-0.3, -0.25) is 14.5 Å². The summed E-state index contributed by atoms with van der Waals surface area (Å²) < 4.78 is 13.8. The second-order valence-corrected chi connectivity index (χ2v) is 9.65. The van der Waals surface area contributed by atoms with Crippen molar-refractivity contribution in [1.82, 2.24) is 14.4 Å². The summed E-state index contributed by atoms with van der Waals surface area (Å²) in [7, 11) is 2.90. The normalized spacial score (nSPS) is 14.9. The third-order valence-corrected chi connectivity index (χ3v) is 7.08. The highest BCUT2D eigenvalue weighted by molar-refractivity contribution is 9.10. The van der Waals surface area contributed by atoms with Gasteiger partial charge in [-0.1, -0.05) is 22.0 Å². The van der Waals surface area contributed by atoms with E-state index in [-0.39, 0.29) is 17.6 Å². The van der Waals surface area contributed by atoms with Crippen LogP contribution in [0.5, 0.6) is 5.75 Å². The van der Waals surface area contributed by atoms with Crippen molar-refractivity contribution >= 4 is 62.1 Å². The van der Waals surface area contributed by atoms with Gasteiger partial charge < -0.3 is 18.9 Å². The van der Waals surface area contributed by atoms with Crippen LogP contribution in [0, 0.1) is 13.8 Å². The number of fused-ring (bicyclic) bond motifs is 1. The molecule has 7 nitrogen and oxygen atoms in total. The average Bonchev–Trinajstić information content (AvgIpc) is 3.26. The Balaban J connectivity index is 1.66. The van der Waals surface area contributed by atoms with Gasteiger partial charge in [0.15, 0.2) is 5.11 Å². The minimum atomic E-state index is -0.477. The smallest absolute Gasteiger partial charge is 0.325 e. The van der Waals surface area contributed by atoms with Gasteiger partial charge in [0.25, 0.3) is 5.91 Å². The number of thiocarbonyl (C=S) groups is 1. The number of aryl methyl sites for hydroxylation is 2. The van der Waals surface area contributed by atoms with Crippen LogP contribution in [0.1, 0.15) is 16.7 Å². The molecule has 0 N–H and O–H groups in total. The molecule has 9 heteroatoms. The maximum Gasteiger partial charge on any atom is 0.325 e. The molecule has 4 rings (SSSR count). The van der Waals surface area contributed by atoms with Gasteiger partial charge in [-0.05, 0) is 73.6 Å². The van der Waals surface area contributed by atoms with E-state index in [1.165, 1.54) is 28.0 Å². The molecular weight excluding hydrogens is 530 g/mol. The Kier molecular flexibility index (Phi) is 7.28. The summed E-state index contributed by atoms with van der Waals surface area (Å²) in [6.07, 6.45) is 3.76. The Labute approximate surface area is 218 Å². The van der Waals surface area contributed by atoms with Crippen LogP contribution in [0.25, 0.3) is 17.0 Å². The lowest BCUT2D eigenvalue weighted by Crippen LogP contribution is -2.33. The molecule has 3 aromatic rings. The standard InChI is InChI=1S/C26H26BrN3O4S/c1-16-5-7-20(11-17(16)2)34-10-9-29-14-18(21-13-19(27)6-8-22(21)29)12-23-25(32)28(3)26(35)30(23)15-24(31)33-4/h5-8,11-14H,9-10,15H2,1-4H3/b23-12-. The van der Waals surface area contributed by atoms with Crippen molar-refractivity contribution in [3.05, 3.63) is 69.5 Å². The second kappa shape index (κ2) is 10.2. The number of ether oxygens (including phenoxy) is 2. The first-order valence-electron chi connectivity index (χ1n) is 11.1. The van der Waals surface area contributed by atoms with Crippen LogP contribution in [-0.4, -0.2) is 58.7 Å². The van der Waals surface area contributed by atoms with Crippen molar-refractivity contribution in [2.45, 2.75) is 20.4 Å². The van der Waals surface area contributed by atoms with Crippen molar-refractivity contribution in [1.29, 1.82) is 0 Å². The molecular formula is C26H26BrN3O4S. The molecule has 0 spiro atoms. The number of carbonyl (C=O) groups excluding carboxylic acids is 2. The summed E-state index contributed by atoms with van der Waals surface area (Å²) in [6.45, 7) is 5.11. The van der Waals surface area contributed by atoms with E-state index < -0.39 is 5.97 Å². The van der Waals surface area contributed by atoms with Crippen LogP contribution in [-0.2, 0) is 20.9 Å². The highest BCUT2D eigenvalue weighted by Crippen LogP contribution is 2.30. The fourth-order valence-corrected chi connectivity index (χ4v) is 4.56. The van der Waals surface area contributed by atoms with Crippen LogP contribution in [0.15, 0.2) is 52.8 Å². The number of nitrogens with zero attached hydrogens (tertiary/aromatic N) is 3. The van der Waals surface area contributed by atoms with Gasteiger partial charge in [0.2, 0.25) is 0 Å². The number of hydrogen-bond acceptors (Lipinski definition) is 5. The van der Waals surface area contributed by atoms with Crippen LogP contribution >= 0.6 is 28.1 Å². The zero-order chi connectivity index (χ0) is 25.3. The number of rotatable bonds is 7. The molecule has 0 atom stereocenters. The number of likely N-dealkylation sites (N-methyl/N-ethyl adjacent to an activating group) is 1. The lowest BCUT2D eigenvalue weighted by molar-refractivity contribution is -0.140. The maximum absolute atomic E-state index is 12.9. The van der Waals surface area contributed by atoms with Crippen LogP contribution in [0.3, 0.4) is 0 Å². The van der Waals surface area contributed by atoms with E-state index in [4.69, 9.17) is 21.7 Å². The van der Waals surface area contributed by atoms with E-state index >= 15 is 0 Å². The molecule has 0 bridgehead atoms. The monoisotopic (exact) mass is 555 g/mol. The highest BCUT2D eigenvalue weighted by atomic mass is 79.9. The lowest BCUT2D eigenvalue weighted by Gasteiger charge is -2.16.